The summed E-state index contributed by atoms with van der Waals surface area (Å²) in [5, 5.41) is 2.85. The second-order valence-corrected chi connectivity index (χ2v) is 11.0. The highest BCUT2D eigenvalue weighted by Gasteiger charge is 2.52. The maximum atomic E-state index is 13.3. The van der Waals surface area contributed by atoms with E-state index in [1.165, 1.54) is 9.87 Å². The highest BCUT2D eigenvalue weighted by atomic mass is 32.2. The average molecular weight is 468 g/mol. The standard InChI is InChI=1S/C24H25N3O5S/c1-2-33(31,32)27-12-10-17-13-18(7-8-20(17)27)21(28)15-26-22(29)24(25-23(26)30)11-9-16-5-3-4-6-19(16)14-24/h3-8,13H,2,9-12,14-15H2,1H3,(H,25,30). The molecule has 1 spiro atoms. The Balaban J connectivity index is 1.34. The van der Waals surface area contributed by atoms with Crippen molar-refractivity contribution < 1.29 is 22.8 Å². The second kappa shape index (κ2) is 7.69. The van der Waals surface area contributed by atoms with Crippen LogP contribution < -0.4 is 9.62 Å². The topological polar surface area (TPSA) is 104 Å². The van der Waals surface area contributed by atoms with Gasteiger partial charge in [-0.3, -0.25) is 18.8 Å². The van der Waals surface area contributed by atoms with Crippen molar-refractivity contribution in [2.24, 2.45) is 0 Å². The van der Waals surface area contributed by atoms with E-state index in [-0.39, 0.29) is 24.0 Å². The van der Waals surface area contributed by atoms with Crippen LogP contribution >= 0.6 is 0 Å². The van der Waals surface area contributed by atoms with Gasteiger partial charge in [-0.25, -0.2) is 13.2 Å². The Morgan fingerprint density at radius 2 is 1.82 bits per heavy atom. The average Bonchev–Trinajstić information content (AvgIpc) is 3.34. The zero-order valence-electron chi connectivity index (χ0n) is 18.3. The molecule has 1 unspecified atom stereocenters. The molecule has 172 valence electrons. The maximum Gasteiger partial charge on any atom is 0.325 e. The van der Waals surface area contributed by atoms with Gasteiger partial charge in [-0.05, 0) is 61.1 Å². The summed E-state index contributed by atoms with van der Waals surface area (Å²) in [5.41, 5.74) is 2.94. The van der Waals surface area contributed by atoms with Crippen molar-refractivity contribution in [2.45, 2.75) is 38.1 Å². The molecule has 0 bridgehead atoms. The third-order valence-electron chi connectivity index (χ3n) is 6.93. The minimum Gasteiger partial charge on any atom is -0.323 e. The van der Waals surface area contributed by atoms with Gasteiger partial charge in [0.05, 0.1) is 18.0 Å². The first-order chi connectivity index (χ1) is 15.7. The summed E-state index contributed by atoms with van der Waals surface area (Å²) in [5.74, 6) is -0.714. The van der Waals surface area contributed by atoms with Crippen LogP contribution in [0.25, 0.3) is 0 Å². The van der Waals surface area contributed by atoms with Gasteiger partial charge in [-0.2, -0.15) is 0 Å². The predicted octanol–water partition coefficient (Wildman–Crippen LogP) is 2.06. The molecule has 1 fully saturated rings. The van der Waals surface area contributed by atoms with Gasteiger partial charge in [0.2, 0.25) is 10.0 Å². The van der Waals surface area contributed by atoms with Crippen molar-refractivity contribution in [1.82, 2.24) is 10.2 Å². The van der Waals surface area contributed by atoms with Gasteiger partial charge in [-0.1, -0.05) is 24.3 Å². The minimum atomic E-state index is -3.37. The Hall–Kier alpha value is -3.20. The van der Waals surface area contributed by atoms with E-state index in [2.05, 4.69) is 5.32 Å². The Morgan fingerprint density at radius 3 is 2.58 bits per heavy atom. The lowest BCUT2D eigenvalue weighted by Gasteiger charge is -2.32. The SMILES string of the molecule is CCS(=O)(=O)N1CCc2cc(C(=O)CN3C(=O)NC4(CCc5ccccc5C4)C3=O)ccc21. The van der Waals surface area contributed by atoms with Gasteiger partial charge in [0, 0.05) is 18.5 Å². The Labute approximate surface area is 192 Å². The van der Waals surface area contributed by atoms with Crippen molar-refractivity contribution in [3.63, 3.8) is 0 Å². The van der Waals surface area contributed by atoms with Gasteiger partial charge in [-0.15, -0.1) is 0 Å². The maximum absolute atomic E-state index is 13.3. The molecule has 2 heterocycles. The summed E-state index contributed by atoms with van der Waals surface area (Å²) in [6, 6.07) is 12.2. The molecule has 2 aliphatic heterocycles. The summed E-state index contributed by atoms with van der Waals surface area (Å²) >= 11 is 0. The number of anilines is 1. The van der Waals surface area contributed by atoms with Crippen LogP contribution in [0.4, 0.5) is 10.5 Å². The number of carbonyl (C=O) groups excluding carboxylic acids is 3. The van der Waals surface area contributed by atoms with Crippen LogP contribution in [0.3, 0.4) is 0 Å². The molecule has 0 radical (unpaired) electrons. The normalized spacial score (nSPS) is 21.8. The zero-order chi connectivity index (χ0) is 23.4. The van der Waals surface area contributed by atoms with Gasteiger partial charge in [0.25, 0.3) is 5.91 Å². The second-order valence-electron chi connectivity index (χ2n) is 8.84. The number of nitrogens with zero attached hydrogens (tertiary/aromatic N) is 2. The molecule has 1 N–H and O–H groups in total. The van der Waals surface area contributed by atoms with Crippen molar-refractivity contribution in [3.05, 3.63) is 64.7 Å². The molecule has 3 amide bonds. The highest BCUT2D eigenvalue weighted by molar-refractivity contribution is 7.92. The molecule has 2 aromatic rings. The summed E-state index contributed by atoms with van der Waals surface area (Å²) < 4.78 is 25.9. The van der Waals surface area contributed by atoms with E-state index in [4.69, 9.17) is 0 Å². The number of nitrogens with one attached hydrogen (secondary N) is 1. The number of fused-ring (bicyclic) bond motifs is 2. The summed E-state index contributed by atoms with van der Waals surface area (Å²) in [4.78, 5) is 39.9. The van der Waals surface area contributed by atoms with Crippen LogP contribution in [0.1, 0.15) is 40.4 Å². The van der Waals surface area contributed by atoms with Gasteiger partial charge in [0.15, 0.2) is 5.78 Å². The Morgan fingerprint density at radius 1 is 1.06 bits per heavy atom. The fourth-order valence-electron chi connectivity index (χ4n) is 5.07. The van der Waals surface area contributed by atoms with E-state index in [9.17, 15) is 22.8 Å². The van der Waals surface area contributed by atoms with Crippen LogP contribution in [-0.4, -0.2) is 55.4 Å². The largest absolute Gasteiger partial charge is 0.325 e. The first kappa shape index (κ1) is 21.6. The lowest BCUT2D eigenvalue weighted by Crippen LogP contribution is -2.51. The first-order valence-electron chi connectivity index (χ1n) is 11.1. The predicted molar refractivity (Wildman–Crippen MR) is 123 cm³/mol. The summed E-state index contributed by atoms with van der Waals surface area (Å²) in [7, 11) is -3.37. The van der Waals surface area contributed by atoms with E-state index in [1.807, 2.05) is 24.3 Å². The minimum absolute atomic E-state index is 0.00549. The number of carbonyl (C=O) groups is 3. The molecule has 2 aromatic carbocycles. The quantitative estimate of drug-likeness (QED) is 0.536. The van der Waals surface area contributed by atoms with Crippen LogP contribution in [0.2, 0.25) is 0 Å². The monoisotopic (exact) mass is 467 g/mol. The molecule has 1 saturated heterocycles. The molecule has 0 saturated carbocycles. The molecule has 3 aliphatic rings. The number of aryl methyl sites for hydroxylation is 1. The molecular formula is C24H25N3O5S. The van der Waals surface area contributed by atoms with Crippen LogP contribution in [0, 0.1) is 0 Å². The van der Waals surface area contributed by atoms with Crippen molar-refractivity contribution in [3.8, 4) is 0 Å². The Kier molecular flexibility index (Phi) is 5.04. The fraction of sp³-hybridized carbons (Fsp3) is 0.375. The number of ketones is 1. The highest BCUT2D eigenvalue weighted by Crippen LogP contribution is 2.34. The number of imide groups is 1. The fourth-order valence-corrected chi connectivity index (χ4v) is 6.23. The number of hydrogen-bond acceptors (Lipinski definition) is 5. The lowest BCUT2D eigenvalue weighted by atomic mass is 9.78. The lowest BCUT2D eigenvalue weighted by molar-refractivity contribution is -0.131. The van der Waals surface area contributed by atoms with Crippen LogP contribution in [-0.2, 0) is 34.1 Å². The first-order valence-corrected chi connectivity index (χ1v) is 12.7. The third kappa shape index (κ3) is 3.51. The zero-order valence-corrected chi connectivity index (χ0v) is 19.2. The molecule has 8 nitrogen and oxygen atoms in total. The molecule has 33 heavy (non-hydrogen) atoms. The number of hydrogen-bond donors (Lipinski definition) is 1. The number of sulfonamides is 1. The molecule has 1 aliphatic carbocycles. The number of urea groups is 1. The molecule has 0 aromatic heterocycles. The van der Waals surface area contributed by atoms with E-state index < -0.39 is 21.6 Å². The van der Waals surface area contributed by atoms with Crippen molar-refractivity contribution >= 4 is 33.4 Å². The third-order valence-corrected chi connectivity index (χ3v) is 8.71. The number of benzene rings is 2. The van der Waals surface area contributed by atoms with E-state index in [0.717, 1.165) is 16.0 Å². The van der Waals surface area contributed by atoms with Crippen molar-refractivity contribution in [1.29, 1.82) is 0 Å². The molecule has 9 heteroatoms. The molecule has 5 rings (SSSR count). The van der Waals surface area contributed by atoms with Crippen LogP contribution in [0.15, 0.2) is 42.5 Å². The van der Waals surface area contributed by atoms with Gasteiger partial charge in [0.1, 0.15) is 5.54 Å². The van der Waals surface area contributed by atoms with Crippen molar-refractivity contribution in [2.75, 3.05) is 23.1 Å². The number of amides is 3. The van der Waals surface area contributed by atoms with E-state index in [0.29, 0.717) is 43.5 Å². The number of Topliss-reactive ketones (excluding diaryl/α,β-unsaturated/α-hetero) is 1. The van der Waals surface area contributed by atoms with Crippen LogP contribution in [0.5, 0.6) is 0 Å². The molecular weight excluding hydrogens is 442 g/mol. The van der Waals surface area contributed by atoms with Gasteiger partial charge < -0.3 is 5.32 Å². The molecule has 1 atom stereocenters. The van der Waals surface area contributed by atoms with E-state index >= 15 is 0 Å². The Bertz CT molecular complexity index is 1290. The smallest absolute Gasteiger partial charge is 0.323 e. The summed E-state index contributed by atoms with van der Waals surface area (Å²) in [6.07, 6.45) is 2.12. The van der Waals surface area contributed by atoms with Gasteiger partial charge >= 0.3 is 6.03 Å². The number of rotatable bonds is 5. The summed E-state index contributed by atoms with van der Waals surface area (Å²) in [6.45, 7) is 1.60. The van der Waals surface area contributed by atoms with E-state index in [1.54, 1.807) is 25.1 Å².